The number of amides is 1. The predicted molar refractivity (Wildman–Crippen MR) is 72.9 cm³/mol. The molecule has 0 aliphatic rings. The fraction of sp³-hybridized carbons (Fsp3) is 0.200. The fourth-order valence-electron chi connectivity index (χ4n) is 1.99. The monoisotopic (exact) mass is 274 g/mol. The molecule has 0 saturated carbocycles. The van der Waals surface area contributed by atoms with E-state index in [4.69, 9.17) is 0 Å². The number of nitrogens with zero attached hydrogens (tertiary/aromatic N) is 1. The van der Waals surface area contributed by atoms with Crippen LogP contribution in [-0.2, 0) is 6.54 Å². The Bertz CT molecular complexity index is 633. The smallest absolute Gasteiger partial charge is 0.255 e. The summed E-state index contributed by atoms with van der Waals surface area (Å²) < 4.78 is 13.5. The maximum Gasteiger partial charge on any atom is 0.255 e. The van der Waals surface area contributed by atoms with Gasteiger partial charge in [-0.3, -0.25) is 9.78 Å². The molecule has 0 radical (unpaired) electrons. The standard InChI is InChI=1S/C15H15FN2O2/c1-9-5-11(6-10(2)14(9)16)7-18-15(20)12-3-4-17-8-13(12)19/h3-6,8,19H,7H2,1-2H3,(H,18,20). The molecule has 4 nitrogen and oxygen atoms in total. The Hall–Kier alpha value is -2.43. The molecule has 2 aromatic rings. The van der Waals surface area contributed by atoms with Crippen LogP contribution in [-0.4, -0.2) is 16.0 Å². The zero-order valence-corrected chi connectivity index (χ0v) is 11.3. The summed E-state index contributed by atoms with van der Waals surface area (Å²) in [5.41, 5.74) is 2.06. The van der Waals surface area contributed by atoms with Gasteiger partial charge < -0.3 is 10.4 Å². The topological polar surface area (TPSA) is 62.2 Å². The molecule has 2 N–H and O–H groups in total. The normalized spacial score (nSPS) is 10.3. The molecule has 1 amide bonds. The number of carbonyl (C=O) groups excluding carboxylic acids is 1. The summed E-state index contributed by atoms with van der Waals surface area (Å²) >= 11 is 0. The Morgan fingerprint density at radius 3 is 2.60 bits per heavy atom. The average molecular weight is 274 g/mol. The Morgan fingerprint density at radius 1 is 1.35 bits per heavy atom. The second-order valence-electron chi connectivity index (χ2n) is 4.62. The van der Waals surface area contributed by atoms with Crippen LogP contribution in [0.1, 0.15) is 27.0 Å². The maximum atomic E-state index is 13.5. The van der Waals surface area contributed by atoms with Gasteiger partial charge in [0.25, 0.3) is 5.91 Å². The number of nitrogens with one attached hydrogen (secondary N) is 1. The molecule has 0 atom stereocenters. The van der Waals surface area contributed by atoms with Gasteiger partial charge in [0.1, 0.15) is 11.6 Å². The van der Waals surface area contributed by atoms with Crippen molar-refractivity contribution < 1.29 is 14.3 Å². The molecule has 0 bridgehead atoms. The number of halogens is 1. The minimum Gasteiger partial charge on any atom is -0.505 e. The number of carbonyl (C=O) groups is 1. The zero-order valence-electron chi connectivity index (χ0n) is 11.3. The highest BCUT2D eigenvalue weighted by molar-refractivity contribution is 5.96. The van der Waals surface area contributed by atoms with Crippen molar-refractivity contribution in [2.75, 3.05) is 0 Å². The second-order valence-corrected chi connectivity index (χ2v) is 4.62. The first kappa shape index (κ1) is 14.0. The number of aromatic nitrogens is 1. The Kier molecular flexibility index (Phi) is 3.98. The van der Waals surface area contributed by atoms with E-state index in [9.17, 15) is 14.3 Å². The van der Waals surface area contributed by atoms with Crippen LogP contribution in [0.25, 0.3) is 0 Å². The van der Waals surface area contributed by atoms with Gasteiger partial charge in [-0.2, -0.15) is 0 Å². The van der Waals surface area contributed by atoms with E-state index in [-0.39, 0.29) is 23.7 Å². The predicted octanol–water partition coefficient (Wildman–Crippen LogP) is 2.47. The number of benzene rings is 1. The fourth-order valence-corrected chi connectivity index (χ4v) is 1.99. The van der Waals surface area contributed by atoms with Gasteiger partial charge in [-0.1, -0.05) is 12.1 Å². The molecule has 0 fully saturated rings. The van der Waals surface area contributed by atoms with Gasteiger partial charge in [0.2, 0.25) is 0 Å². The van der Waals surface area contributed by atoms with E-state index in [0.717, 1.165) is 5.56 Å². The minimum absolute atomic E-state index is 0.163. The Balaban J connectivity index is 2.10. The lowest BCUT2D eigenvalue weighted by molar-refractivity contribution is 0.0948. The molecule has 2 rings (SSSR count). The first-order chi connectivity index (χ1) is 9.49. The van der Waals surface area contributed by atoms with Gasteiger partial charge in [0, 0.05) is 12.7 Å². The summed E-state index contributed by atoms with van der Waals surface area (Å²) in [5.74, 6) is -0.798. The molecule has 0 unspecified atom stereocenters. The molecule has 104 valence electrons. The highest BCUT2D eigenvalue weighted by atomic mass is 19.1. The van der Waals surface area contributed by atoms with Crippen molar-refractivity contribution in [2.45, 2.75) is 20.4 Å². The average Bonchev–Trinajstić information content (AvgIpc) is 2.42. The summed E-state index contributed by atoms with van der Waals surface area (Å²) in [6, 6.07) is 4.82. The largest absolute Gasteiger partial charge is 0.505 e. The summed E-state index contributed by atoms with van der Waals surface area (Å²) in [6.07, 6.45) is 2.64. The van der Waals surface area contributed by atoms with Crippen LogP contribution >= 0.6 is 0 Å². The highest BCUT2D eigenvalue weighted by Gasteiger charge is 2.11. The molecule has 0 spiro atoms. The highest BCUT2D eigenvalue weighted by Crippen LogP contribution is 2.16. The molecule has 1 aromatic heterocycles. The van der Waals surface area contributed by atoms with Crippen LogP contribution in [0.5, 0.6) is 5.75 Å². The molecule has 5 heteroatoms. The van der Waals surface area contributed by atoms with E-state index in [0.29, 0.717) is 11.1 Å². The van der Waals surface area contributed by atoms with Crippen LogP contribution in [0.4, 0.5) is 4.39 Å². The Morgan fingerprint density at radius 2 is 2.00 bits per heavy atom. The molecular formula is C15H15FN2O2. The molecule has 0 aliphatic carbocycles. The van der Waals surface area contributed by atoms with Crippen molar-refractivity contribution in [1.82, 2.24) is 10.3 Å². The molecular weight excluding hydrogens is 259 g/mol. The van der Waals surface area contributed by atoms with Crippen molar-refractivity contribution in [1.29, 1.82) is 0 Å². The van der Waals surface area contributed by atoms with Crippen molar-refractivity contribution in [3.63, 3.8) is 0 Å². The minimum atomic E-state index is -0.399. The first-order valence-electron chi connectivity index (χ1n) is 6.16. The third-order valence-corrected chi connectivity index (χ3v) is 2.99. The van der Waals surface area contributed by atoms with Crippen molar-refractivity contribution in [2.24, 2.45) is 0 Å². The van der Waals surface area contributed by atoms with E-state index in [1.807, 2.05) is 0 Å². The number of rotatable bonds is 3. The summed E-state index contributed by atoms with van der Waals surface area (Å²) in [4.78, 5) is 15.6. The van der Waals surface area contributed by atoms with Gasteiger partial charge in [-0.25, -0.2) is 4.39 Å². The number of hydrogen-bond donors (Lipinski definition) is 2. The maximum absolute atomic E-state index is 13.5. The number of hydrogen-bond acceptors (Lipinski definition) is 3. The lowest BCUT2D eigenvalue weighted by Gasteiger charge is -2.09. The van der Waals surface area contributed by atoms with Crippen molar-refractivity contribution in [3.05, 3.63) is 58.7 Å². The molecule has 1 aromatic carbocycles. The first-order valence-corrected chi connectivity index (χ1v) is 6.16. The number of pyridine rings is 1. The molecule has 0 aliphatic heterocycles. The van der Waals surface area contributed by atoms with Crippen LogP contribution in [0.2, 0.25) is 0 Å². The van der Waals surface area contributed by atoms with E-state index in [2.05, 4.69) is 10.3 Å². The van der Waals surface area contributed by atoms with E-state index in [1.165, 1.54) is 18.5 Å². The molecule has 1 heterocycles. The van der Waals surface area contributed by atoms with Crippen LogP contribution in [0, 0.1) is 19.7 Å². The van der Waals surface area contributed by atoms with Crippen LogP contribution in [0.15, 0.2) is 30.6 Å². The van der Waals surface area contributed by atoms with E-state index >= 15 is 0 Å². The zero-order chi connectivity index (χ0) is 14.7. The third kappa shape index (κ3) is 2.93. The Labute approximate surface area is 116 Å². The van der Waals surface area contributed by atoms with Crippen LogP contribution in [0.3, 0.4) is 0 Å². The lowest BCUT2D eigenvalue weighted by atomic mass is 10.1. The van der Waals surface area contributed by atoms with E-state index in [1.54, 1.807) is 26.0 Å². The lowest BCUT2D eigenvalue weighted by Crippen LogP contribution is -2.23. The van der Waals surface area contributed by atoms with Crippen LogP contribution < -0.4 is 5.32 Å². The summed E-state index contributed by atoms with van der Waals surface area (Å²) in [6.45, 7) is 3.63. The second kappa shape index (κ2) is 5.69. The SMILES string of the molecule is Cc1cc(CNC(=O)c2ccncc2O)cc(C)c1F. The number of aromatic hydroxyl groups is 1. The quantitative estimate of drug-likeness (QED) is 0.903. The van der Waals surface area contributed by atoms with E-state index < -0.39 is 5.91 Å². The van der Waals surface area contributed by atoms with Gasteiger partial charge >= 0.3 is 0 Å². The molecule has 20 heavy (non-hydrogen) atoms. The number of aryl methyl sites for hydroxylation is 2. The van der Waals surface area contributed by atoms with Crippen molar-refractivity contribution in [3.8, 4) is 5.75 Å². The summed E-state index contributed by atoms with van der Waals surface area (Å²) in [7, 11) is 0. The van der Waals surface area contributed by atoms with Crippen molar-refractivity contribution >= 4 is 5.91 Å². The third-order valence-electron chi connectivity index (χ3n) is 2.99. The van der Waals surface area contributed by atoms with Gasteiger partial charge in [0.15, 0.2) is 0 Å². The van der Waals surface area contributed by atoms with Gasteiger partial charge in [0.05, 0.1) is 11.8 Å². The van der Waals surface area contributed by atoms with Gasteiger partial charge in [-0.05, 0) is 36.6 Å². The van der Waals surface area contributed by atoms with Gasteiger partial charge in [-0.15, -0.1) is 0 Å². The summed E-state index contributed by atoms with van der Waals surface area (Å²) in [5, 5.41) is 12.2. The molecule has 0 saturated heterocycles.